The molecular formula is C48H52N8O4. The van der Waals surface area contributed by atoms with Gasteiger partial charge in [0.05, 0.1) is 25.0 Å². The van der Waals surface area contributed by atoms with Gasteiger partial charge in [0, 0.05) is 42.5 Å². The van der Waals surface area contributed by atoms with E-state index in [0.717, 1.165) is 68.3 Å². The lowest BCUT2D eigenvalue weighted by molar-refractivity contribution is -0.134. The summed E-state index contributed by atoms with van der Waals surface area (Å²) < 4.78 is 0. The lowest BCUT2D eigenvalue weighted by atomic mass is 10.1. The number of nitrogens with one attached hydrogen (secondary N) is 5. The lowest BCUT2D eigenvalue weighted by Gasteiger charge is -2.23. The zero-order chi connectivity index (χ0) is 42.1. The van der Waals surface area contributed by atoms with Crippen molar-refractivity contribution in [2.24, 2.45) is 11.8 Å². The molecule has 3 aliphatic rings. The van der Waals surface area contributed by atoms with Crippen molar-refractivity contribution < 1.29 is 19.2 Å². The van der Waals surface area contributed by atoms with Gasteiger partial charge in [-0.05, 0) is 93.0 Å². The van der Waals surface area contributed by atoms with Gasteiger partial charge in [0.1, 0.15) is 29.1 Å². The second kappa shape index (κ2) is 21.7. The maximum Gasteiger partial charge on any atom is 0.247 e. The molecule has 4 amide bonds. The summed E-state index contributed by atoms with van der Waals surface area (Å²) in [6.45, 7) is 8.60. The van der Waals surface area contributed by atoms with Crippen LogP contribution in [0.4, 0.5) is 0 Å². The number of carbonyl (C=O) groups excluding carboxylic acids is 4. The number of allylic oxidation sites excluding steroid dienone is 2. The number of H-pyrrole nitrogens is 2. The van der Waals surface area contributed by atoms with E-state index in [-0.39, 0.29) is 48.1 Å². The molecule has 60 heavy (non-hydrogen) atoms. The first-order valence-corrected chi connectivity index (χ1v) is 20.6. The number of hydrogen-bond acceptors (Lipinski definition) is 6. The highest BCUT2D eigenvalue weighted by atomic mass is 16.2. The summed E-state index contributed by atoms with van der Waals surface area (Å²) in [5.41, 5.74) is 3.64. The van der Waals surface area contributed by atoms with Crippen LogP contribution in [0.2, 0.25) is 0 Å². The van der Waals surface area contributed by atoms with Gasteiger partial charge in [-0.15, -0.1) is 0 Å². The van der Waals surface area contributed by atoms with Crippen LogP contribution in [0.15, 0.2) is 110 Å². The molecule has 0 spiro atoms. The Morgan fingerprint density at radius 2 is 1.40 bits per heavy atom. The fourth-order valence-electron chi connectivity index (χ4n) is 6.58. The summed E-state index contributed by atoms with van der Waals surface area (Å²) >= 11 is 0. The average Bonchev–Trinajstić information content (AvgIpc) is 4.17. The monoisotopic (exact) mass is 804 g/mol. The smallest absolute Gasteiger partial charge is 0.247 e. The third-order valence-electron chi connectivity index (χ3n) is 10.2. The Morgan fingerprint density at radius 3 is 2.02 bits per heavy atom. The predicted octanol–water partition coefficient (Wildman–Crippen LogP) is 5.44. The molecule has 12 nitrogen and oxygen atoms in total. The van der Waals surface area contributed by atoms with Gasteiger partial charge < -0.3 is 30.8 Å². The van der Waals surface area contributed by atoms with Crippen LogP contribution in [0, 0.1) is 35.5 Å². The number of nitrogens with zero attached hydrogens (tertiary/aromatic N) is 3. The molecule has 1 aliphatic heterocycles. The molecule has 2 aromatic carbocycles. The fraction of sp³-hybridized carbons (Fsp3) is 0.333. The Hall–Kier alpha value is -6.92. The van der Waals surface area contributed by atoms with Gasteiger partial charge >= 0.3 is 0 Å². The van der Waals surface area contributed by atoms with Crippen LogP contribution in [0.25, 0.3) is 0 Å². The van der Waals surface area contributed by atoms with E-state index in [1.807, 2.05) is 60.7 Å². The zero-order valence-electron chi connectivity index (χ0n) is 33.8. The topological polar surface area (TPSA) is 165 Å². The number of hydrogen-bond donors (Lipinski definition) is 5. The average molecular weight is 805 g/mol. The molecule has 7 rings (SSSR count). The number of benzene rings is 2. The normalized spacial score (nSPS) is 16.0. The second-order valence-electron chi connectivity index (χ2n) is 15.0. The highest BCUT2D eigenvalue weighted by molar-refractivity contribution is 5.92. The van der Waals surface area contributed by atoms with Crippen LogP contribution in [0.3, 0.4) is 0 Å². The van der Waals surface area contributed by atoms with Crippen molar-refractivity contribution in [1.29, 1.82) is 0 Å². The Balaban J connectivity index is 0.000000923. The van der Waals surface area contributed by atoms with Gasteiger partial charge in [-0.2, -0.15) is 0 Å². The van der Waals surface area contributed by atoms with Crippen molar-refractivity contribution in [3.63, 3.8) is 0 Å². The van der Waals surface area contributed by atoms with Gasteiger partial charge in [0.25, 0.3) is 0 Å². The molecule has 2 aliphatic carbocycles. The van der Waals surface area contributed by atoms with Crippen LogP contribution < -0.4 is 16.0 Å². The third kappa shape index (κ3) is 13.0. The molecule has 4 aromatic rings. The minimum absolute atomic E-state index is 0.0107. The minimum atomic E-state index is -0.798. The Labute approximate surface area is 351 Å². The first-order valence-electron chi connectivity index (χ1n) is 20.6. The Morgan fingerprint density at radius 1 is 0.783 bits per heavy atom. The molecule has 1 saturated heterocycles. The van der Waals surface area contributed by atoms with Gasteiger partial charge in [0.2, 0.25) is 23.6 Å². The lowest BCUT2D eigenvalue weighted by Crippen LogP contribution is -2.48. The molecule has 0 bridgehead atoms. The van der Waals surface area contributed by atoms with E-state index >= 15 is 0 Å². The highest BCUT2D eigenvalue weighted by Gasteiger charge is 2.35. The number of unbranched alkanes of at least 4 members (excludes halogenated alkanes) is 1. The molecule has 308 valence electrons. The van der Waals surface area contributed by atoms with E-state index in [1.54, 1.807) is 35.5 Å². The molecule has 5 N–H and O–H groups in total. The summed E-state index contributed by atoms with van der Waals surface area (Å²) in [6, 6.07) is 18.7. The Bertz CT molecular complexity index is 2250. The standard InChI is InChI=1S/C42H46N8O4.C6H6/c1-3-8-30(4-2)38(49-41(53)32-19-20-32)42(54)43-23-6-5-10-36-44-25-33(47-36)21-15-28-11-13-29(14-12-28)16-22-34-26-45-39(48-34)35-9-7-24-50(35)37(51)27-46-40(52)31-17-18-31;1-2-4-6-5-3-1/h3-4,8,11-14,25-26,31-32,35,38H,1-2,5-7,9-10,17-20,23-24,27H2,(H,43,54)(H,44,47)(H,45,48)(H,46,52)(H,49,53);1-6H/b30-8+;. The SMILES string of the molecule is C=C/C=C(\C=C)C(NC(=O)C1CC1)C(=O)NCCCCc1ncc(C#Cc2ccc(C#Cc3cnc(C4CCCN4C(=O)CNC(=O)C4CC4)[nH]3)cc2)[nH]1.c1ccccc1. The van der Waals surface area contributed by atoms with E-state index in [4.69, 9.17) is 0 Å². The molecule has 12 heteroatoms. The first kappa shape index (κ1) is 42.7. The summed E-state index contributed by atoms with van der Waals surface area (Å²) in [5.74, 6) is 13.6. The molecule has 0 radical (unpaired) electrons. The number of aromatic nitrogens is 4. The molecule has 2 unspecified atom stereocenters. The molecule has 3 fully saturated rings. The minimum Gasteiger partial charge on any atom is -0.354 e. The second-order valence-corrected chi connectivity index (χ2v) is 15.0. The summed E-state index contributed by atoms with van der Waals surface area (Å²) in [4.78, 5) is 67.3. The van der Waals surface area contributed by atoms with Crippen LogP contribution >= 0.6 is 0 Å². The summed E-state index contributed by atoms with van der Waals surface area (Å²) in [5, 5.41) is 8.55. The van der Waals surface area contributed by atoms with Crippen molar-refractivity contribution in [2.45, 2.75) is 69.9 Å². The largest absolute Gasteiger partial charge is 0.354 e. The van der Waals surface area contributed by atoms with E-state index in [0.29, 0.717) is 42.3 Å². The predicted molar refractivity (Wildman–Crippen MR) is 231 cm³/mol. The maximum absolute atomic E-state index is 12.9. The fourth-order valence-corrected chi connectivity index (χ4v) is 6.58. The van der Waals surface area contributed by atoms with E-state index in [2.05, 4.69) is 72.7 Å². The molecule has 2 saturated carbocycles. The summed E-state index contributed by atoms with van der Waals surface area (Å²) in [7, 11) is 0. The number of carbonyl (C=O) groups is 4. The summed E-state index contributed by atoms with van der Waals surface area (Å²) in [6.07, 6.45) is 15.7. The highest BCUT2D eigenvalue weighted by Crippen LogP contribution is 2.31. The zero-order valence-corrected chi connectivity index (χ0v) is 33.8. The molecular weight excluding hydrogens is 753 g/mol. The van der Waals surface area contributed by atoms with E-state index < -0.39 is 6.04 Å². The van der Waals surface area contributed by atoms with Crippen molar-refractivity contribution in [3.05, 3.63) is 144 Å². The van der Waals surface area contributed by atoms with Gasteiger partial charge in [0.15, 0.2) is 0 Å². The molecule has 2 atom stereocenters. The Kier molecular flexibility index (Phi) is 15.5. The number of aromatic amines is 2. The molecule has 2 aromatic heterocycles. The van der Waals surface area contributed by atoms with Crippen molar-refractivity contribution >= 4 is 23.6 Å². The number of imidazole rings is 2. The van der Waals surface area contributed by atoms with Crippen molar-refractivity contribution in [2.75, 3.05) is 19.6 Å². The van der Waals surface area contributed by atoms with Crippen LogP contribution in [0.5, 0.6) is 0 Å². The van der Waals surface area contributed by atoms with E-state index in [1.165, 1.54) is 0 Å². The third-order valence-corrected chi connectivity index (χ3v) is 10.2. The maximum atomic E-state index is 12.9. The molecule has 3 heterocycles. The van der Waals surface area contributed by atoms with Gasteiger partial charge in [-0.3, -0.25) is 19.2 Å². The van der Waals surface area contributed by atoms with Crippen LogP contribution in [-0.2, 0) is 25.6 Å². The van der Waals surface area contributed by atoms with Gasteiger partial charge in [-0.25, -0.2) is 9.97 Å². The van der Waals surface area contributed by atoms with Gasteiger partial charge in [-0.1, -0.05) is 79.6 Å². The van der Waals surface area contributed by atoms with E-state index in [9.17, 15) is 19.2 Å². The number of aryl methyl sites for hydroxylation is 1. The number of likely N-dealkylation sites (tertiary alicyclic amines) is 1. The van der Waals surface area contributed by atoms with Crippen LogP contribution in [0.1, 0.15) is 91.6 Å². The van der Waals surface area contributed by atoms with Crippen molar-refractivity contribution in [1.82, 2.24) is 40.8 Å². The number of rotatable bonds is 15. The van der Waals surface area contributed by atoms with Crippen LogP contribution in [-0.4, -0.2) is 74.1 Å². The number of amides is 4. The van der Waals surface area contributed by atoms with Crippen molar-refractivity contribution in [3.8, 4) is 23.7 Å². The quantitative estimate of drug-likeness (QED) is 0.0611. The first-order chi connectivity index (χ1) is 29.3.